The number of halogens is 1. The molecule has 2 amide bonds. The molecular formula is C25H19ClN4O4S2. The van der Waals surface area contributed by atoms with Gasteiger partial charge in [-0.2, -0.15) is 0 Å². The molecule has 0 radical (unpaired) electrons. The fraction of sp³-hybridized carbons (Fsp3) is 0.0800. The molecule has 1 aromatic heterocycles. The molecule has 1 unspecified atom stereocenters. The molecule has 0 aliphatic heterocycles. The standard InChI is InChI=1S/C25H19ClN4O4S2/c1-15(23(31)29-25-28-22(14-35-25)16-2-6-18(26)7-3-16)36-21-12-8-19(9-13-21)27-24(32)17-4-10-20(11-5-17)30(33)34/h2-15H,1H3,(H,27,32)(H,28,29,31). The maximum Gasteiger partial charge on any atom is 0.269 e. The van der Waals surface area contributed by atoms with Crippen LogP contribution in [0.4, 0.5) is 16.5 Å². The molecule has 1 atom stereocenters. The summed E-state index contributed by atoms with van der Waals surface area (Å²) in [5.74, 6) is -0.549. The summed E-state index contributed by atoms with van der Waals surface area (Å²) >= 11 is 8.66. The van der Waals surface area contributed by atoms with Crippen LogP contribution in [0.25, 0.3) is 11.3 Å². The Morgan fingerprint density at radius 2 is 1.67 bits per heavy atom. The molecular weight excluding hydrogens is 520 g/mol. The van der Waals surface area contributed by atoms with Crippen molar-refractivity contribution in [3.8, 4) is 11.3 Å². The first-order valence-electron chi connectivity index (χ1n) is 10.6. The number of thiazole rings is 1. The molecule has 0 saturated carbocycles. The molecule has 182 valence electrons. The zero-order chi connectivity index (χ0) is 25.7. The number of thioether (sulfide) groups is 1. The number of nitro groups is 1. The van der Waals surface area contributed by atoms with Crippen LogP contribution >= 0.6 is 34.7 Å². The fourth-order valence-electron chi connectivity index (χ4n) is 3.10. The highest BCUT2D eigenvalue weighted by Crippen LogP contribution is 2.29. The molecule has 0 spiro atoms. The second-order valence-corrected chi connectivity index (χ2v) is 10.3. The van der Waals surface area contributed by atoms with Crippen molar-refractivity contribution < 1.29 is 14.5 Å². The lowest BCUT2D eigenvalue weighted by Crippen LogP contribution is -2.22. The summed E-state index contributed by atoms with van der Waals surface area (Å²) in [6.07, 6.45) is 0. The highest BCUT2D eigenvalue weighted by Gasteiger charge is 2.17. The number of anilines is 2. The lowest BCUT2D eigenvalue weighted by molar-refractivity contribution is -0.384. The molecule has 8 nitrogen and oxygen atoms in total. The van der Waals surface area contributed by atoms with Gasteiger partial charge < -0.3 is 10.6 Å². The van der Waals surface area contributed by atoms with Gasteiger partial charge in [-0.1, -0.05) is 23.7 Å². The molecule has 0 saturated heterocycles. The van der Waals surface area contributed by atoms with Gasteiger partial charge in [0.25, 0.3) is 11.6 Å². The average molecular weight is 539 g/mol. The number of aromatic nitrogens is 1. The summed E-state index contributed by atoms with van der Waals surface area (Å²) in [5.41, 5.74) is 2.48. The van der Waals surface area contributed by atoms with Crippen molar-refractivity contribution in [1.29, 1.82) is 0 Å². The number of nitrogens with zero attached hydrogens (tertiary/aromatic N) is 2. The van der Waals surface area contributed by atoms with Crippen molar-refractivity contribution in [2.75, 3.05) is 10.6 Å². The van der Waals surface area contributed by atoms with Crippen LogP contribution in [0.1, 0.15) is 17.3 Å². The average Bonchev–Trinajstić information content (AvgIpc) is 3.34. The molecule has 4 aromatic rings. The largest absolute Gasteiger partial charge is 0.322 e. The van der Waals surface area contributed by atoms with Gasteiger partial charge >= 0.3 is 0 Å². The van der Waals surface area contributed by atoms with Crippen LogP contribution < -0.4 is 10.6 Å². The van der Waals surface area contributed by atoms with Crippen molar-refractivity contribution in [2.24, 2.45) is 0 Å². The van der Waals surface area contributed by atoms with Crippen LogP contribution in [0.5, 0.6) is 0 Å². The monoisotopic (exact) mass is 538 g/mol. The zero-order valence-corrected chi connectivity index (χ0v) is 21.2. The van der Waals surface area contributed by atoms with E-state index in [2.05, 4.69) is 15.6 Å². The van der Waals surface area contributed by atoms with Crippen LogP contribution in [-0.2, 0) is 4.79 Å². The zero-order valence-electron chi connectivity index (χ0n) is 18.8. The van der Waals surface area contributed by atoms with E-state index in [-0.39, 0.29) is 22.8 Å². The maximum absolute atomic E-state index is 12.7. The van der Waals surface area contributed by atoms with E-state index >= 15 is 0 Å². The van der Waals surface area contributed by atoms with Gasteiger partial charge in [0, 0.05) is 44.2 Å². The fourth-order valence-corrected chi connectivity index (χ4v) is 4.82. The highest BCUT2D eigenvalue weighted by atomic mass is 35.5. The van der Waals surface area contributed by atoms with E-state index in [1.54, 1.807) is 31.2 Å². The number of nitrogens with one attached hydrogen (secondary N) is 2. The Labute approximate surface area is 219 Å². The van der Waals surface area contributed by atoms with Crippen molar-refractivity contribution >= 4 is 63.0 Å². The number of hydrogen-bond acceptors (Lipinski definition) is 7. The Morgan fingerprint density at radius 1 is 1.00 bits per heavy atom. The van der Waals surface area contributed by atoms with Crippen LogP contribution in [0.3, 0.4) is 0 Å². The van der Waals surface area contributed by atoms with E-state index in [1.807, 2.05) is 29.6 Å². The first-order valence-corrected chi connectivity index (χ1v) is 12.8. The summed E-state index contributed by atoms with van der Waals surface area (Å²) in [6, 6.07) is 19.8. The normalized spacial score (nSPS) is 11.5. The molecule has 4 rings (SSSR count). The van der Waals surface area contributed by atoms with Gasteiger partial charge in [0.15, 0.2) is 5.13 Å². The minimum atomic E-state index is -0.519. The Kier molecular flexibility index (Phi) is 7.99. The number of carbonyl (C=O) groups is 2. The highest BCUT2D eigenvalue weighted by molar-refractivity contribution is 8.00. The predicted molar refractivity (Wildman–Crippen MR) is 144 cm³/mol. The topological polar surface area (TPSA) is 114 Å². The van der Waals surface area contributed by atoms with Gasteiger partial charge in [0.2, 0.25) is 5.91 Å². The van der Waals surface area contributed by atoms with Crippen LogP contribution in [0.15, 0.2) is 83.1 Å². The minimum absolute atomic E-state index is 0.0806. The number of benzene rings is 3. The Bertz CT molecular complexity index is 1390. The molecule has 1 heterocycles. The third-order valence-electron chi connectivity index (χ3n) is 5.01. The minimum Gasteiger partial charge on any atom is -0.322 e. The van der Waals surface area contributed by atoms with Crippen molar-refractivity contribution in [1.82, 2.24) is 4.98 Å². The van der Waals surface area contributed by atoms with Gasteiger partial charge in [-0.3, -0.25) is 19.7 Å². The molecule has 0 aliphatic rings. The van der Waals surface area contributed by atoms with Crippen LogP contribution in [0.2, 0.25) is 5.02 Å². The van der Waals surface area contributed by atoms with Gasteiger partial charge in [0.05, 0.1) is 15.9 Å². The Balaban J connectivity index is 1.30. The molecule has 0 aliphatic carbocycles. The lowest BCUT2D eigenvalue weighted by Gasteiger charge is -2.11. The van der Waals surface area contributed by atoms with E-state index in [1.165, 1.54) is 47.4 Å². The Hall–Kier alpha value is -3.73. The number of nitro benzene ring substituents is 1. The van der Waals surface area contributed by atoms with Gasteiger partial charge in [-0.25, -0.2) is 4.98 Å². The number of hydrogen-bond donors (Lipinski definition) is 2. The van der Waals surface area contributed by atoms with Crippen molar-refractivity contribution in [3.63, 3.8) is 0 Å². The predicted octanol–water partition coefficient (Wildman–Crippen LogP) is 6.74. The van der Waals surface area contributed by atoms with E-state index in [4.69, 9.17) is 11.6 Å². The summed E-state index contributed by atoms with van der Waals surface area (Å²) in [4.78, 5) is 40.6. The number of carbonyl (C=O) groups excluding carboxylic acids is 2. The summed E-state index contributed by atoms with van der Waals surface area (Å²) in [7, 11) is 0. The summed E-state index contributed by atoms with van der Waals surface area (Å²) < 4.78 is 0. The van der Waals surface area contributed by atoms with E-state index in [0.29, 0.717) is 21.4 Å². The Morgan fingerprint density at radius 3 is 2.31 bits per heavy atom. The first-order chi connectivity index (χ1) is 17.3. The first kappa shape index (κ1) is 25.4. The molecule has 36 heavy (non-hydrogen) atoms. The molecule has 2 N–H and O–H groups in total. The second-order valence-electron chi connectivity index (χ2n) is 7.58. The number of rotatable bonds is 8. The quantitative estimate of drug-likeness (QED) is 0.146. The second kappa shape index (κ2) is 11.3. The van der Waals surface area contributed by atoms with E-state index in [0.717, 1.165) is 16.2 Å². The number of non-ortho nitro benzene ring substituents is 1. The SMILES string of the molecule is CC(Sc1ccc(NC(=O)c2ccc([N+](=O)[O-])cc2)cc1)C(=O)Nc1nc(-c2ccc(Cl)cc2)cs1. The molecule has 0 fully saturated rings. The third-order valence-corrected chi connectivity index (χ3v) is 7.13. The van der Waals surface area contributed by atoms with E-state index in [9.17, 15) is 19.7 Å². The lowest BCUT2D eigenvalue weighted by atomic mass is 10.2. The smallest absolute Gasteiger partial charge is 0.269 e. The number of amides is 2. The van der Waals surface area contributed by atoms with Gasteiger partial charge in [-0.05, 0) is 55.5 Å². The third kappa shape index (κ3) is 6.48. The van der Waals surface area contributed by atoms with Crippen molar-refractivity contribution in [2.45, 2.75) is 17.1 Å². The van der Waals surface area contributed by atoms with Gasteiger partial charge in [-0.15, -0.1) is 23.1 Å². The summed E-state index contributed by atoms with van der Waals surface area (Å²) in [6.45, 7) is 1.80. The van der Waals surface area contributed by atoms with Crippen LogP contribution in [0, 0.1) is 10.1 Å². The maximum atomic E-state index is 12.7. The van der Waals surface area contributed by atoms with Gasteiger partial charge in [0.1, 0.15) is 0 Å². The van der Waals surface area contributed by atoms with Crippen LogP contribution in [-0.4, -0.2) is 27.0 Å². The summed E-state index contributed by atoms with van der Waals surface area (Å²) in [5, 5.41) is 19.0. The molecule has 0 bridgehead atoms. The molecule has 11 heteroatoms. The molecule has 3 aromatic carbocycles. The van der Waals surface area contributed by atoms with Crippen molar-refractivity contribution in [3.05, 3.63) is 98.9 Å². The van der Waals surface area contributed by atoms with E-state index < -0.39 is 4.92 Å².